The quantitative estimate of drug-likeness (QED) is 0.238. The smallest absolute Gasteiger partial charge is 0.190 e. The number of aryl methyl sites for hydroxylation is 1. The van der Waals surface area contributed by atoms with E-state index in [1.54, 1.807) is 0 Å². The highest BCUT2D eigenvalue weighted by Crippen LogP contribution is 2.21. The number of nitrogens with zero attached hydrogens (tertiary/aromatic N) is 2. The van der Waals surface area contributed by atoms with Gasteiger partial charge in [0.15, 0.2) is 5.78 Å². The van der Waals surface area contributed by atoms with Gasteiger partial charge in [0.05, 0.1) is 5.69 Å². The molecule has 0 aromatic carbocycles. The molecule has 3 heteroatoms. The summed E-state index contributed by atoms with van der Waals surface area (Å²) < 4.78 is 0. The van der Waals surface area contributed by atoms with E-state index in [2.05, 4.69) is 36.0 Å². The van der Waals surface area contributed by atoms with E-state index in [1.165, 1.54) is 89.0 Å². The first-order valence-electron chi connectivity index (χ1n) is 13.0. The summed E-state index contributed by atoms with van der Waals surface area (Å²) >= 11 is 0. The maximum Gasteiger partial charge on any atom is 0.190 e. The molecular weight excluding hydrogens is 380 g/mol. The van der Waals surface area contributed by atoms with Gasteiger partial charge in [-0.1, -0.05) is 103 Å². The van der Waals surface area contributed by atoms with Crippen LogP contribution in [-0.4, -0.2) is 16.5 Å². The summed E-state index contributed by atoms with van der Waals surface area (Å²) in [4.78, 5) is 21.9. The van der Waals surface area contributed by atoms with Crippen molar-refractivity contribution in [1.29, 1.82) is 0 Å². The minimum Gasteiger partial charge on any atom is -0.292 e. The van der Waals surface area contributed by atoms with Crippen LogP contribution in [0.15, 0.2) is 35.6 Å². The number of pyridine rings is 1. The lowest BCUT2D eigenvalue weighted by atomic mass is 9.90. The molecule has 0 amide bonds. The third-order valence-corrected chi connectivity index (χ3v) is 6.35. The van der Waals surface area contributed by atoms with Gasteiger partial charge in [0.1, 0.15) is 5.71 Å². The van der Waals surface area contributed by atoms with Gasteiger partial charge >= 0.3 is 0 Å². The minimum absolute atomic E-state index is 0.0308. The number of unbranched alkanes of at least 4 members (excludes halogenated alkanes) is 12. The number of carbonyl (C=O) groups excluding carboxylic acids is 1. The molecule has 2 heterocycles. The van der Waals surface area contributed by atoms with Gasteiger partial charge in [0, 0.05) is 18.3 Å². The molecular formula is C28H44N2O. The van der Waals surface area contributed by atoms with Crippen LogP contribution < -0.4 is 0 Å². The number of aliphatic imine (C=N–C) groups is 1. The van der Waals surface area contributed by atoms with E-state index in [9.17, 15) is 4.79 Å². The van der Waals surface area contributed by atoms with Gasteiger partial charge in [-0.3, -0.25) is 14.8 Å². The third-order valence-electron chi connectivity index (χ3n) is 6.35. The molecule has 1 aromatic heterocycles. The lowest BCUT2D eigenvalue weighted by Crippen LogP contribution is -2.26. The highest BCUT2D eigenvalue weighted by molar-refractivity contribution is 6.47. The molecule has 0 bridgehead atoms. The van der Waals surface area contributed by atoms with Crippen molar-refractivity contribution in [3.8, 4) is 0 Å². The SMILES string of the molecule is CCCCCCCCCc1ccnc(C2=NC=CC(CCCCCCCCC)C2=O)c1. The second-order valence-electron chi connectivity index (χ2n) is 9.12. The number of aromatic nitrogens is 1. The molecule has 0 aliphatic carbocycles. The molecule has 1 aromatic rings. The molecule has 0 spiro atoms. The first kappa shape index (κ1) is 25.5. The van der Waals surface area contributed by atoms with Crippen molar-refractivity contribution in [3.63, 3.8) is 0 Å². The predicted octanol–water partition coefficient (Wildman–Crippen LogP) is 8.02. The van der Waals surface area contributed by atoms with Crippen molar-refractivity contribution in [2.24, 2.45) is 10.9 Å². The Labute approximate surface area is 190 Å². The zero-order chi connectivity index (χ0) is 22.2. The van der Waals surface area contributed by atoms with Crippen molar-refractivity contribution in [2.45, 2.75) is 117 Å². The lowest BCUT2D eigenvalue weighted by Gasteiger charge is -2.16. The van der Waals surface area contributed by atoms with Crippen LogP contribution in [0.3, 0.4) is 0 Å². The number of allylic oxidation sites excluding steroid dienone is 1. The van der Waals surface area contributed by atoms with Gasteiger partial charge in [-0.25, -0.2) is 0 Å². The second-order valence-corrected chi connectivity index (χ2v) is 9.12. The predicted molar refractivity (Wildman–Crippen MR) is 133 cm³/mol. The molecule has 0 saturated carbocycles. The number of hydrogen-bond acceptors (Lipinski definition) is 3. The summed E-state index contributed by atoms with van der Waals surface area (Å²) in [6.45, 7) is 4.51. The molecule has 0 fully saturated rings. The van der Waals surface area contributed by atoms with Gasteiger partial charge in [-0.15, -0.1) is 0 Å². The summed E-state index contributed by atoms with van der Waals surface area (Å²) in [6, 6.07) is 4.16. The van der Waals surface area contributed by atoms with Crippen LogP contribution in [0.5, 0.6) is 0 Å². The average molecular weight is 425 g/mol. The Bertz CT molecular complexity index is 692. The summed E-state index contributed by atoms with van der Waals surface area (Å²) in [7, 11) is 0. The number of hydrogen-bond donors (Lipinski definition) is 0. The lowest BCUT2D eigenvalue weighted by molar-refractivity contribution is -0.115. The fourth-order valence-corrected chi connectivity index (χ4v) is 4.33. The average Bonchev–Trinajstić information content (AvgIpc) is 2.79. The van der Waals surface area contributed by atoms with Crippen LogP contribution in [0.25, 0.3) is 0 Å². The summed E-state index contributed by atoms with van der Waals surface area (Å²) in [5, 5.41) is 0. The standard InChI is InChI=1S/C28H44N2O/c1-3-5-7-9-11-13-15-17-24-19-21-29-26(23-24)27-28(31)25(20-22-30-27)18-16-14-12-10-8-6-4-2/h19-23,25H,3-18H2,1-2H3. The number of rotatable bonds is 17. The summed E-state index contributed by atoms with van der Waals surface area (Å²) in [5.74, 6) is 0.116. The van der Waals surface area contributed by atoms with Crippen LogP contribution >= 0.6 is 0 Å². The van der Waals surface area contributed by atoms with Gasteiger partial charge < -0.3 is 0 Å². The molecule has 2 rings (SSSR count). The van der Waals surface area contributed by atoms with Crippen LogP contribution in [0.2, 0.25) is 0 Å². The van der Waals surface area contributed by atoms with Crippen molar-refractivity contribution in [1.82, 2.24) is 4.98 Å². The van der Waals surface area contributed by atoms with Crippen LogP contribution in [-0.2, 0) is 11.2 Å². The molecule has 1 aliphatic rings. The van der Waals surface area contributed by atoms with Crippen molar-refractivity contribution >= 4 is 11.5 Å². The first-order chi connectivity index (χ1) is 15.3. The van der Waals surface area contributed by atoms with Crippen LogP contribution in [0.4, 0.5) is 0 Å². The van der Waals surface area contributed by atoms with E-state index in [4.69, 9.17) is 0 Å². The largest absolute Gasteiger partial charge is 0.292 e. The highest BCUT2D eigenvalue weighted by atomic mass is 16.1. The second kappa shape index (κ2) is 15.9. The Morgan fingerprint density at radius 2 is 1.42 bits per heavy atom. The molecule has 172 valence electrons. The molecule has 1 unspecified atom stereocenters. The van der Waals surface area contributed by atoms with E-state index in [-0.39, 0.29) is 11.7 Å². The molecule has 31 heavy (non-hydrogen) atoms. The van der Waals surface area contributed by atoms with Crippen molar-refractivity contribution in [3.05, 3.63) is 41.9 Å². The molecule has 1 aliphatic heterocycles. The highest BCUT2D eigenvalue weighted by Gasteiger charge is 2.25. The van der Waals surface area contributed by atoms with E-state index < -0.39 is 0 Å². The Hall–Kier alpha value is -1.77. The number of ketones is 1. The Morgan fingerprint density at radius 1 is 0.806 bits per heavy atom. The van der Waals surface area contributed by atoms with Gasteiger partial charge in [0.25, 0.3) is 0 Å². The summed E-state index contributed by atoms with van der Waals surface area (Å²) in [6.07, 6.45) is 25.7. The Kier molecular flexibility index (Phi) is 13.1. The number of carbonyl (C=O) groups is 1. The Balaban J connectivity index is 1.76. The topological polar surface area (TPSA) is 42.3 Å². The van der Waals surface area contributed by atoms with E-state index >= 15 is 0 Å². The van der Waals surface area contributed by atoms with Gasteiger partial charge in [-0.05, 0) is 37.0 Å². The maximum atomic E-state index is 13.0. The maximum absolute atomic E-state index is 13.0. The van der Waals surface area contributed by atoms with E-state index in [0.717, 1.165) is 25.0 Å². The van der Waals surface area contributed by atoms with Gasteiger partial charge in [-0.2, -0.15) is 0 Å². The fraction of sp³-hybridized carbons (Fsp3) is 0.679. The third kappa shape index (κ3) is 9.93. The summed E-state index contributed by atoms with van der Waals surface area (Å²) in [5.41, 5.74) is 2.57. The molecule has 3 nitrogen and oxygen atoms in total. The molecule has 1 atom stereocenters. The molecule has 0 radical (unpaired) electrons. The zero-order valence-corrected chi connectivity index (χ0v) is 20.1. The van der Waals surface area contributed by atoms with E-state index in [0.29, 0.717) is 5.71 Å². The van der Waals surface area contributed by atoms with Crippen LogP contribution in [0, 0.1) is 5.92 Å². The van der Waals surface area contributed by atoms with Crippen molar-refractivity contribution in [2.75, 3.05) is 0 Å². The fourth-order valence-electron chi connectivity index (χ4n) is 4.33. The normalized spacial score (nSPS) is 16.0. The molecule has 0 N–H and O–H groups in total. The molecule has 0 saturated heterocycles. The minimum atomic E-state index is -0.0308. The van der Waals surface area contributed by atoms with Crippen LogP contribution in [0.1, 0.15) is 121 Å². The zero-order valence-electron chi connectivity index (χ0n) is 20.1. The number of Topliss-reactive ketones (excluding diaryl/α,β-unsaturated/α-hetero) is 1. The van der Waals surface area contributed by atoms with Gasteiger partial charge in [0.2, 0.25) is 0 Å². The van der Waals surface area contributed by atoms with Crippen molar-refractivity contribution < 1.29 is 4.79 Å². The van der Waals surface area contributed by atoms with E-state index in [1.807, 2.05) is 18.5 Å². The Morgan fingerprint density at radius 3 is 2.10 bits per heavy atom. The first-order valence-corrected chi connectivity index (χ1v) is 13.0. The monoisotopic (exact) mass is 424 g/mol.